The van der Waals surface area contributed by atoms with Gasteiger partial charge in [-0.15, -0.1) is 23.2 Å². The second-order valence-electron chi connectivity index (χ2n) is 5.59. The minimum absolute atomic E-state index is 0.561. The predicted octanol–water partition coefficient (Wildman–Crippen LogP) is 3.32. The van der Waals surface area contributed by atoms with Gasteiger partial charge in [0.1, 0.15) is 0 Å². The van der Waals surface area contributed by atoms with Gasteiger partial charge in [-0.25, -0.2) is 4.59 Å². The number of quaternary nitrogens is 1. The molecule has 0 amide bonds. The van der Waals surface area contributed by atoms with Crippen molar-refractivity contribution in [2.24, 2.45) is 5.10 Å². The second-order valence-corrected chi connectivity index (χ2v) is 6.35. The van der Waals surface area contributed by atoms with Crippen molar-refractivity contribution in [2.75, 3.05) is 50.9 Å². The smallest absolute Gasteiger partial charge is 0.0923 e. The van der Waals surface area contributed by atoms with E-state index in [1.165, 1.54) is 5.56 Å². The first-order valence-electron chi connectivity index (χ1n) is 6.72. The van der Waals surface area contributed by atoms with Crippen molar-refractivity contribution < 1.29 is 4.59 Å². The molecule has 0 spiro atoms. The van der Waals surface area contributed by atoms with Gasteiger partial charge in [-0.2, -0.15) is 0 Å². The molecule has 0 saturated heterocycles. The van der Waals surface area contributed by atoms with Crippen LogP contribution in [0.1, 0.15) is 11.1 Å². The molecule has 0 heterocycles. The Labute approximate surface area is 132 Å². The fourth-order valence-corrected chi connectivity index (χ4v) is 2.22. The molecular formula is C15H24Cl2N3+. The zero-order valence-corrected chi connectivity index (χ0v) is 14.2. The number of hydrogen-bond acceptors (Lipinski definition) is 2. The number of benzene rings is 1. The zero-order chi connectivity index (χ0) is 15.2. The lowest BCUT2D eigenvalue weighted by Gasteiger charge is -2.23. The number of aryl methyl sites for hydroxylation is 1. The van der Waals surface area contributed by atoms with Crippen LogP contribution in [-0.2, 0) is 0 Å². The first-order valence-corrected chi connectivity index (χ1v) is 7.79. The van der Waals surface area contributed by atoms with Crippen molar-refractivity contribution in [3.63, 3.8) is 0 Å². The highest BCUT2D eigenvalue weighted by atomic mass is 35.5. The third-order valence-corrected chi connectivity index (χ3v) is 3.21. The van der Waals surface area contributed by atoms with Crippen LogP contribution >= 0.6 is 23.2 Å². The highest BCUT2D eigenvalue weighted by Crippen LogP contribution is 2.19. The van der Waals surface area contributed by atoms with Crippen molar-refractivity contribution in [3.8, 4) is 0 Å². The number of nitrogens with zero attached hydrogens (tertiary/aromatic N) is 3. The number of rotatable bonds is 7. The van der Waals surface area contributed by atoms with E-state index in [2.05, 4.69) is 35.1 Å². The first kappa shape index (κ1) is 17.3. The van der Waals surface area contributed by atoms with E-state index in [4.69, 9.17) is 23.2 Å². The van der Waals surface area contributed by atoms with E-state index in [9.17, 15) is 0 Å². The molecule has 0 aliphatic rings. The highest BCUT2D eigenvalue weighted by molar-refractivity contribution is 6.18. The van der Waals surface area contributed by atoms with E-state index in [1.54, 1.807) is 0 Å². The molecule has 1 aromatic carbocycles. The average molecular weight is 317 g/mol. The molecule has 112 valence electrons. The van der Waals surface area contributed by atoms with E-state index >= 15 is 0 Å². The van der Waals surface area contributed by atoms with Gasteiger partial charge < -0.3 is 4.90 Å². The summed E-state index contributed by atoms with van der Waals surface area (Å²) in [7, 11) is 6.09. The Morgan fingerprint density at radius 1 is 1.15 bits per heavy atom. The van der Waals surface area contributed by atoms with Gasteiger partial charge in [0.2, 0.25) is 0 Å². The summed E-state index contributed by atoms with van der Waals surface area (Å²) in [6, 6.07) is 6.36. The van der Waals surface area contributed by atoms with E-state index < -0.39 is 0 Å². The van der Waals surface area contributed by atoms with Crippen molar-refractivity contribution in [2.45, 2.75) is 6.92 Å². The Balaban J connectivity index is 2.94. The minimum atomic E-state index is 0.561. The van der Waals surface area contributed by atoms with Crippen molar-refractivity contribution in [1.82, 2.24) is 0 Å². The van der Waals surface area contributed by atoms with Crippen LogP contribution in [0.5, 0.6) is 0 Å². The van der Waals surface area contributed by atoms with Gasteiger partial charge in [0.05, 0.1) is 27.4 Å². The SMILES string of the molecule is Cc1cc(N(CCCl)CCCl)ccc1/C=N/[N+](C)(C)C. The van der Waals surface area contributed by atoms with Crippen LogP contribution in [0.4, 0.5) is 5.69 Å². The molecule has 0 bridgehead atoms. The number of halogens is 2. The molecule has 0 atom stereocenters. The molecule has 1 aromatic rings. The van der Waals surface area contributed by atoms with Crippen LogP contribution in [0, 0.1) is 6.92 Å². The summed E-state index contributed by atoms with van der Waals surface area (Å²) in [5.41, 5.74) is 3.50. The maximum atomic E-state index is 5.84. The van der Waals surface area contributed by atoms with E-state index in [-0.39, 0.29) is 0 Å². The van der Waals surface area contributed by atoms with Crippen LogP contribution in [0.2, 0.25) is 0 Å². The maximum absolute atomic E-state index is 5.84. The molecule has 0 unspecified atom stereocenters. The van der Waals surface area contributed by atoms with Crippen molar-refractivity contribution >= 4 is 35.1 Å². The summed E-state index contributed by atoms with van der Waals surface area (Å²) in [4.78, 5) is 2.20. The van der Waals surface area contributed by atoms with Gasteiger partial charge >= 0.3 is 0 Å². The molecule has 3 nitrogen and oxygen atoms in total. The molecule has 0 radical (unpaired) electrons. The van der Waals surface area contributed by atoms with Gasteiger partial charge in [-0.3, -0.25) is 0 Å². The summed E-state index contributed by atoms with van der Waals surface area (Å²) in [6.45, 7) is 3.71. The van der Waals surface area contributed by atoms with Crippen LogP contribution in [-0.4, -0.2) is 56.8 Å². The molecule has 0 saturated carbocycles. The van der Waals surface area contributed by atoms with E-state index in [1.807, 2.05) is 27.4 Å². The molecule has 0 N–H and O–H groups in total. The molecule has 0 aliphatic heterocycles. The molecule has 0 aromatic heterocycles. The summed E-state index contributed by atoms with van der Waals surface area (Å²) >= 11 is 11.7. The first-order chi connectivity index (χ1) is 9.37. The average Bonchev–Trinajstić information content (AvgIpc) is 2.36. The number of alkyl halides is 2. The second kappa shape index (κ2) is 7.87. The third kappa shape index (κ3) is 5.70. The Hall–Kier alpha value is -0.770. The standard InChI is InChI=1S/C15H24Cl2N3/c1-13-11-15(19(9-7-16)10-8-17)6-5-14(13)12-18-20(2,3)4/h5-6,11-12H,7-10H2,1-4H3/q+1/b18-12+. The van der Waals surface area contributed by atoms with Crippen LogP contribution in [0.3, 0.4) is 0 Å². The lowest BCUT2D eigenvalue weighted by atomic mass is 10.1. The van der Waals surface area contributed by atoms with E-state index in [0.717, 1.165) is 24.3 Å². The van der Waals surface area contributed by atoms with Crippen LogP contribution < -0.4 is 4.90 Å². The van der Waals surface area contributed by atoms with E-state index in [0.29, 0.717) is 16.4 Å². The predicted molar refractivity (Wildman–Crippen MR) is 90.5 cm³/mol. The van der Waals surface area contributed by atoms with Gasteiger partial charge in [0, 0.05) is 36.1 Å². The normalized spacial score (nSPS) is 12.1. The molecule has 0 fully saturated rings. The monoisotopic (exact) mass is 316 g/mol. The van der Waals surface area contributed by atoms with Crippen molar-refractivity contribution in [3.05, 3.63) is 29.3 Å². The minimum Gasteiger partial charge on any atom is -0.369 e. The van der Waals surface area contributed by atoms with Crippen molar-refractivity contribution in [1.29, 1.82) is 0 Å². The van der Waals surface area contributed by atoms with Gasteiger partial charge in [0.25, 0.3) is 0 Å². The Bertz CT molecular complexity index is 447. The summed E-state index contributed by atoms with van der Waals surface area (Å²) in [5, 5.41) is 4.49. The summed E-state index contributed by atoms with van der Waals surface area (Å²) < 4.78 is 0.561. The molecule has 0 aliphatic carbocycles. The zero-order valence-electron chi connectivity index (χ0n) is 12.7. The third-order valence-electron chi connectivity index (χ3n) is 2.87. The maximum Gasteiger partial charge on any atom is 0.0923 e. The molecule has 5 heteroatoms. The highest BCUT2D eigenvalue weighted by Gasteiger charge is 2.08. The Morgan fingerprint density at radius 3 is 2.20 bits per heavy atom. The lowest BCUT2D eigenvalue weighted by molar-refractivity contribution is -0.876. The van der Waals surface area contributed by atoms with Gasteiger partial charge in [-0.05, 0) is 24.6 Å². The topological polar surface area (TPSA) is 15.6 Å². The number of hydrogen-bond donors (Lipinski definition) is 0. The van der Waals surface area contributed by atoms with Crippen LogP contribution in [0.25, 0.3) is 0 Å². The van der Waals surface area contributed by atoms with Crippen LogP contribution in [0.15, 0.2) is 23.3 Å². The molecular weight excluding hydrogens is 293 g/mol. The fourth-order valence-electron chi connectivity index (χ4n) is 1.81. The number of anilines is 1. The quantitative estimate of drug-likeness (QED) is 0.326. The van der Waals surface area contributed by atoms with Gasteiger partial charge in [0.15, 0.2) is 0 Å². The largest absolute Gasteiger partial charge is 0.369 e. The Kier molecular flexibility index (Phi) is 6.80. The lowest BCUT2D eigenvalue weighted by Crippen LogP contribution is -2.28. The summed E-state index contributed by atoms with van der Waals surface area (Å²) in [6.07, 6.45) is 1.92. The Morgan fingerprint density at radius 2 is 1.75 bits per heavy atom. The van der Waals surface area contributed by atoms with Gasteiger partial charge in [-0.1, -0.05) is 11.2 Å². The molecule has 20 heavy (non-hydrogen) atoms. The molecule has 1 rings (SSSR count). The summed E-state index contributed by atoms with van der Waals surface area (Å²) in [5.74, 6) is 1.20. The fraction of sp³-hybridized carbons (Fsp3) is 0.533.